The molecule has 82 heavy (non-hydrogen) atoms. The molecule has 12 aromatic rings. The van der Waals surface area contributed by atoms with Crippen LogP contribution in [-0.4, -0.2) is 0 Å². The van der Waals surface area contributed by atoms with Gasteiger partial charge in [0.15, 0.2) is 0 Å². The minimum absolute atomic E-state index is 0.122. The van der Waals surface area contributed by atoms with E-state index in [1.807, 2.05) is 0 Å². The minimum Gasteiger partial charge on any atom is -0.309 e. The Morgan fingerprint density at radius 2 is 0.354 bits per heavy atom. The van der Waals surface area contributed by atoms with E-state index in [2.05, 4.69) is 356 Å². The van der Waals surface area contributed by atoms with Gasteiger partial charge in [0, 0.05) is 66.0 Å². The largest absolute Gasteiger partial charge is 0.309 e. The van der Waals surface area contributed by atoms with Gasteiger partial charge in [-0.1, -0.05) is 298 Å². The molecular formula is C80H72N2. The van der Waals surface area contributed by atoms with Gasteiger partial charge >= 0.3 is 0 Å². The quantitative estimate of drug-likeness (QED) is 0.0746. The van der Waals surface area contributed by atoms with Crippen LogP contribution in [0.3, 0.4) is 0 Å². The Morgan fingerprint density at radius 1 is 0.183 bits per heavy atom. The van der Waals surface area contributed by atoms with Crippen LogP contribution in [-0.2, 0) is 21.7 Å². The Balaban J connectivity index is 1.03. The molecule has 0 N–H and O–H groups in total. The van der Waals surface area contributed by atoms with Crippen LogP contribution in [0.25, 0.3) is 32.7 Å². The van der Waals surface area contributed by atoms with Gasteiger partial charge in [0.1, 0.15) is 0 Å². The average Bonchev–Trinajstić information content (AvgIpc) is 3.56. The lowest BCUT2D eigenvalue weighted by atomic mass is 9.78. The van der Waals surface area contributed by atoms with Crippen molar-refractivity contribution in [2.24, 2.45) is 0 Å². The number of hydrogen-bond donors (Lipinski definition) is 0. The Kier molecular flexibility index (Phi) is 14.1. The van der Waals surface area contributed by atoms with Crippen LogP contribution in [0.2, 0.25) is 0 Å². The van der Waals surface area contributed by atoms with Crippen LogP contribution in [0, 0.1) is 0 Å². The van der Waals surface area contributed by atoms with Gasteiger partial charge in [0.05, 0.1) is 11.4 Å². The zero-order chi connectivity index (χ0) is 56.6. The molecule has 12 rings (SSSR count). The van der Waals surface area contributed by atoms with Gasteiger partial charge in [0.2, 0.25) is 0 Å². The molecule has 0 unspecified atom stereocenters. The summed E-state index contributed by atoms with van der Waals surface area (Å²) in [4.78, 5) is 4.99. The van der Waals surface area contributed by atoms with Crippen molar-refractivity contribution in [3.05, 3.63) is 336 Å². The molecule has 0 aromatic heterocycles. The van der Waals surface area contributed by atoms with Crippen molar-refractivity contribution in [1.29, 1.82) is 0 Å². The summed E-state index contributed by atoms with van der Waals surface area (Å²) in [6, 6.07) is 108. The van der Waals surface area contributed by atoms with Crippen LogP contribution in [0.4, 0.5) is 34.1 Å². The Bertz CT molecular complexity index is 3970. The smallest absolute Gasteiger partial charge is 0.0619 e. The van der Waals surface area contributed by atoms with Gasteiger partial charge in [-0.2, -0.15) is 0 Å². The zero-order valence-electron chi connectivity index (χ0n) is 48.6. The van der Waals surface area contributed by atoms with Gasteiger partial charge < -0.3 is 9.80 Å². The van der Waals surface area contributed by atoms with E-state index < -0.39 is 0 Å². The molecule has 0 aliphatic rings. The number of anilines is 6. The number of hydrogen-bond acceptors (Lipinski definition) is 2. The van der Waals surface area contributed by atoms with Gasteiger partial charge in [-0.05, 0) is 104 Å². The standard InChI is InChI=1S/C80H72N2/c1-77(2,59-25-13-9-14-26-59)63-41-37-57(38-42-63)58-39-49-67(50-40-58)81(68-51-43-64(44-52-68)78(3,4)60-27-15-10-16-28-60)75-71-33-21-23-35-73(71)76(74-36-24-22-34-72(74)75)82(69-53-45-65(46-54-69)79(5,6)61-29-17-11-18-30-61)70-55-47-66(48-56-70)80(7,8)62-31-19-12-20-32-62/h9-56H,1-8H3. The molecule has 0 heterocycles. The average molecular weight is 1060 g/mol. The summed E-state index contributed by atoms with van der Waals surface area (Å²) in [5, 5.41) is 4.61. The summed E-state index contributed by atoms with van der Waals surface area (Å²) in [5.41, 5.74) is 18.5. The normalized spacial score (nSPS) is 12.1. The molecule has 0 spiro atoms. The maximum Gasteiger partial charge on any atom is 0.0619 e. The van der Waals surface area contributed by atoms with E-state index in [1.54, 1.807) is 0 Å². The lowest BCUT2D eigenvalue weighted by Crippen LogP contribution is -2.20. The molecule has 402 valence electrons. The van der Waals surface area contributed by atoms with E-state index in [1.165, 1.54) is 55.6 Å². The topological polar surface area (TPSA) is 6.48 Å². The second-order valence-corrected chi connectivity index (χ2v) is 24.2. The molecule has 2 heteroatoms. The predicted molar refractivity (Wildman–Crippen MR) is 351 cm³/mol. The predicted octanol–water partition coefficient (Wildman–Crippen LogP) is 21.9. The van der Waals surface area contributed by atoms with Crippen molar-refractivity contribution in [1.82, 2.24) is 0 Å². The maximum absolute atomic E-state index is 2.50. The fourth-order valence-electron chi connectivity index (χ4n) is 12.4. The van der Waals surface area contributed by atoms with Crippen LogP contribution >= 0.6 is 0 Å². The monoisotopic (exact) mass is 1060 g/mol. The van der Waals surface area contributed by atoms with Gasteiger partial charge in [0.25, 0.3) is 0 Å². The van der Waals surface area contributed by atoms with Crippen LogP contribution in [0.15, 0.2) is 291 Å². The van der Waals surface area contributed by atoms with Crippen molar-refractivity contribution in [2.45, 2.75) is 77.0 Å². The van der Waals surface area contributed by atoms with E-state index in [0.717, 1.165) is 55.7 Å². The van der Waals surface area contributed by atoms with E-state index in [0.29, 0.717) is 0 Å². The van der Waals surface area contributed by atoms with Gasteiger partial charge in [-0.3, -0.25) is 0 Å². The van der Waals surface area contributed by atoms with Gasteiger partial charge in [-0.15, -0.1) is 0 Å². The first-order valence-electron chi connectivity index (χ1n) is 29.0. The highest BCUT2D eigenvalue weighted by molar-refractivity contribution is 6.23. The lowest BCUT2D eigenvalue weighted by molar-refractivity contribution is 0.640. The summed E-state index contributed by atoms with van der Waals surface area (Å²) in [5.74, 6) is 0. The Labute approximate surface area is 486 Å². The van der Waals surface area contributed by atoms with Crippen LogP contribution < -0.4 is 9.80 Å². The van der Waals surface area contributed by atoms with Gasteiger partial charge in [-0.25, -0.2) is 0 Å². The van der Waals surface area contributed by atoms with E-state index in [-0.39, 0.29) is 21.7 Å². The molecule has 12 aromatic carbocycles. The Hall–Kier alpha value is -9.24. The summed E-state index contributed by atoms with van der Waals surface area (Å²) < 4.78 is 0. The zero-order valence-corrected chi connectivity index (χ0v) is 48.6. The third kappa shape index (κ3) is 9.87. The Morgan fingerprint density at radius 3 is 0.585 bits per heavy atom. The fourth-order valence-corrected chi connectivity index (χ4v) is 12.4. The summed E-state index contributed by atoms with van der Waals surface area (Å²) in [7, 11) is 0. The molecule has 0 aliphatic heterocycles. The van der Waals surface area contributed by atoms with E-state index >= 15 is 0 Å². The molecule has 0 saturated heterocycles. The summed E-state index contributed by atoms with van der Waals surface area (Å²) in [6.07, 6.45) is 0. The van der Waals surface area contributed by atoms with Crippen molar-refractivity contribution in [3.63, 3.8) is 0 Å². The van der Waals surface area contributed by atoms with Crippen LogP contribution in [0.1, 0.15) is 99.9 Å². The molecule has 0 amide bonds. The number of benzene rings is 12. The SMILES string of the molecule is CC(C)(c1ccccc1)c1ccc(-c2ccc(N(c3ccc(C(C)(C)c4ccccc4)cc3)c3c4ccccc4c(N(c4ccc(C(C)(C)c5ccccc5)cc4)c4ccc(C(C)(C)c5ccccc5)cc4)c4ccccc34)cc2)cc1. The second kappa shape index (κ2) is 21.7. The first-order chi connectivity index (χ1) is 39.7. The van der Waals surface area contributed by atoms with E-state index in [4.69, 9.17) is 0 Å². The molecule has 0 saturated carbocycles. The maximum atomic E-state index is 2.50. The third-order valence-corrected chi connectivity index (χ3v) is 17.9. The third-order valence-electron chi connectivity index (χ3n) is 17.9. The van der Waals surface area contributed by atoms with E-state index in [9.17, 15) is 0 Å². The highest BCUT2D eigenvalue weighted by Gasteiger charge is 2.30. The second-order valence-electron chi connectivity index (χ2n) is 24.2. The first kappa shape index (κ1) is 53.4. The molecule has 0 aliphatic carbocycles. The minimum atomic E-state index is -0.201. The molecule has 0 bridgehead atoms. The molecule has 0 radical (unpaired) electrons. The molecular weight excluding hydrogens is 989 g/mol. The number of nitrogens with zero attached hydrogens (tertiary/aromatic N) is 2. The summed E-state index contributed by atoms with van der Waals surface area (Å²) >= 11 is 0. The van der Waals surface area contributed by atoms with Crippen molar-refractivity contribution >= 4 is 55.7 Å². The lowest BCUT2D eigenvalue weighted by Gasteiger charge is -2.34. The molecule has 2 nitrogen and oxygen atoms in total. The first-order valence-corrected chi connectivity index (χ1v) is 29.0. The highest BCUT2D eigenvalue weighted by Crippen LogP contribution is 2.52. The van der Waals surface area contributed by atoms with Crippen LogP contribution in [0.5, 0.6) is 0 Å². The molecule has 0 fully saturated rings. The molecule has 0 atom stereocenters. The van der Waals surface area contributed by atoms with Crippen molar-refractivity contribution < 1.29 is 0 Å². The fraction of sp³-hybridized carbons (Fsp3) is 0.150. The number of fused-ring (bicyclic) bond motifs is 2. The van der Waals surface area contributed by atoms with Crippen molar-refractivity contribution in [2.75, 3.05) is 9.80 Å². The summed E-state index contributed by atoms with van der Waals surface area (Å²) in [6.45, 7) is 18.6. The van der Waals surface area contributed by atoms with Crippen molar-refractivity contribution in [3.8, 4) is 11.1 Å². The number of rotatable bonds is 15. The highest BCUT2D eigenvalue weighted by atomic mass is 15.2.